The van der Waals surface area contributed by atoms with Gasteiger partial charge in [0, 0.05) is 17.6 Å². The lowest BCUT2D eigenvalue weighted by Gasteiger charge is -2.28. The highest BCUT2D eigenvalue weighted by molar-refractivity contribution is 5.94. The number of hydrogen-bond acceptors (Lipinski definition) is 3. The maximum Gasteiger partial charge on any atom is 0.251 e. The molecule has 120 valence electrons. The van der Waals surface area contributed by atoms with Gasteiger partial charge in [-0.2, -0.15) is 0 Å². The van der Waals surface area contributed by atoms with E-state index < -0.39 is 0 Å². The van der Waals surface area contributed by atoms with Crippen LogP contribution in [0.2, 0.25) is 0 Å². The molecule has 2 atom stereocenters. The molecule has 1 amide bonds. The fraction of sp³-hybridized carbons (Fsp3) is 0.316. The van der Waals surface area contributed by atoms with E-state index in [1.54, 1.807) is 6.07 Å². The molecule has 4 heteroatoms. The van der Waals surface area contributed by atoms with Gasteiger partial charge >= 0.3 is 0 Å². The summed E-state index contributed by atoms with van der Waals surface area (Å²) in [5, 5.41) is 6.51. The third-order valence-electron chi connectivity index (χ3n) is 4.03. The molecule has 3 rings (SSSR count). The maximum atomic E-state index is 12.4. The summed E-state index contributed by atoms with van der Waals surface area (Å²) in [7, 11) is 0. The van der Waals surface area contributed by atoms with Crippen molar-refractivity contribution in [3.8, 4) is 11.5 Å². The summed E-state index contributed by atoms with van der Waals surface area (Å²) < 4.78 is 5.79. The van der Waals surface area contributed by atoms with Gasteiger partial charge in [-0.05, 0) is 56.6 Å². The summed E-state index contributed by atoms with van der Waals surface area (Å²) in [6.07, 6.45) is 1.93. The van der Waals surface area contributed by atoms with Crippen molar-refractivity contribution in [1.82, 2.24) is 10.6 Å². The Morgan fingerprint density at radius 3 is 2.70 bits per heavy atom. The number of rotatable bonds is 4. The molecule has 23 heavy (non-hydrogen) atoms. The van der Waals surface area contributed by atoms with E-state index in [0.717, 1.165) is 25.1 Å². The van der Waals surface area contributed by atoms with Crippen LogP contribution in [-0.4, -0.2) is 24.5 Å². The minimum atomic E-state index is -0.0392. The molecule has 2 aromatic rings. The third kappa shape index (κ3) is 4.33. The van der Waals surface area contributed by atoms with Gasteiger partial charge in [-0.15, -0.1) is 0 Å². The average molecular weight is 310 g/mol. The van der Waals surface area contributed by atoms with Crippen molar-refractivity contribution in [3.05, 3.63) is 60.2 Å². The van der Waals surface area contributed by atoms with Gasteiger partial charge < -0.3 is 15.4 Å². The Morgan fingerprint density at radius 1 is 1.13 bits per heavy atom. The van der Waals surface area contributed by atoms with Gasteiger partial charge in [0.25, 0.3) is 5.91 Å². The van der Waals surface area contributed by atoms with Crippen LogP contribution in [0.25, 0.3) is 0 Å². The molecule has 1 fully saturated rings. The number of carbonyl (C=O) groups excluding carboxylic acids is 1. The first-order valence-corrected chi connectivity index (χ1v) is 8.08. The minimum absolute atomic E-state index is 0.0392. The molecule has 2 unspecified atom stereocenters. The zero-order chi connectivity index (χ0) is 16.1. The Bertz CT molecular complexity index is 657. The fourth-order valence-electron chi connectivity index (χ4n) is 2.86. The first kappa shape index (κ1) is 15.6. The maximum absolute atomic E-state index is 12.4. The minimum Gasteiger partial charge on any atom is -0.457 e. The second kappa shape index (κ2) is 7.29. The molecular weight excluding hydrogens is 288 g/mol. The van der Waals surface area contributed by atoms with Crippen molar-refractivity contribution in [2.24, 2.45) is 0 Å². The molecule has 1 saturated heterocycles. The normalized spacial score (nSPS) is 20.7. The lowest BCUT2D eigenvalue weighted by Crippen LogP contribution is -2.46. The summed E-state index contributed by atoms with van der Waals surface area (Å²) in [5.74, 6) is 1.39. The zero-order valence-corrected chi connectivity index (χ0v) is 13.3. The number of nitrogens with one attached hydrogen (secondary N) is 2. The molecule has 1 aliphatic heterocycles. The zero-order valence-electron chi connectivity index (χ0n) is 13.3. The van der Waals surface area contributed by atoms with Gasteiger partial charge in [-0.1, -0.05) is 24.3 Å². The quantitative estimate of drug-likeness (QED) is 0.910. The van der Waals surface area contributed by atoms with E-state index >= 15 is 0 Å². The Labute approximate surface area is 136 Å². The molecule has 0 bridgehead atoms. The number of para-hydroxylation sites is 1. The van der Waals surface area contributed by atoms with Crippen molar-refractivity contribution in [3.63, 3.8) is 0 Å². The molecule has 0 radical (unpaired) electrons. The number of ether oxygens (including phenoxy) is 1. The second-order valence-electron chi connectivity index (χ2n) is 5.99. The number of benzene rings is 2. The highest BCUT2D eigenvalue weighted by Crippen LogP contribution is 2.22. The van der Waals surface area contributed by atoms with Gasteiger partial charge in [0.1, 0.15) is 11.5 Å². The molecule has 0 aliphatic carbocycles. The van der Waals surface area contributed by atoms with Crippen molar-refractivity contribution in [1.29, 1.82) is 0 Å². The van der Waals surface area contributed by atoms with Crippen LogP contribution in [-0.2, 0) is 0 Å². The number of carbonyl (C=O) groups is 1. The second-order valence-corrected chi connectivity index (χ2v) is 5.99. The summed E-state index contributed by atoms with van der Waals surface area (Å²) in [5.41, 5.74) is 0.629. The van der Waals surface area contributed by atoms with E-state index in [1.807, 2.05) is 48.5 Å². The van der Waals surface area contributed by atoms with Crippen LogP contribution in [0.4, 0.5) is 0 Å². The summed E-state index contributed by atoms with van der Waals surface area (Å²) in [6.45, 7) is 3.09. The Morgan fingerprint density at radius 2 is 1.91 bits per heavy atom. The van der Waals surface area contributed by atoms with Gasteiger partial charge in [0.05, 0.1) is 0 Å². The van der Waals surface area contributed by atoms with Gasteiger partial charge in [-0.3, -0.25) is 4.79 Å². The molecule has 0 aromatic heterocycles. The van der Waals surface area contributed by atoms with Crippen LogP contribution in [0.3, 0.4) is 0 Å². The third-order valence-corrected chi connectivity index (χ3v) is 4.03. The monoisotopic (exact) mass is 310 g/mol. The van der Waals surface area contributed by atoms with Crippen LogP contribution in [0, 0.1) is 0 Å². The van der Waals surface area contributed by atoms with Crippen LogP contribution in [0.15, 0.2) is 54.6 Å². The topological polar surface area (TPSA) is 50.4 Å². The van der Waals surface area contributed by atoms with E-state index in [0.29, 0.717) is 17.4 Å². The first-order valence-electron chi connectivity index (χ1n) is 8.08. The van der Waals surface area contributed by atoms with Crippen LogP contribution < -0.4 is 15.4 Å². The van der Waals surface area contributed by atoms with E-state index in [4.69, 9.17) is 4.74 Å². The Kier molecular flexibility index (Phi) is 4.93. The van der Waals surface area contributed by atoms with E-state index in [2.05, 4.69) is 17.6 Å². The Balaban J connectivity index is 1.65. The molecule has 1 aliphatic rings. The molecule has 2 aromatic carbocycles. The molecule has 1 heterocycles. The predicted octanol–water partition coefficient (Wildman–Crippen LogP) is 3.35. The van der Waals surface area contributed by atoms with Gasteiger partial charge in [-0.25, -0.2) is 0 Å². The van der Waals surface area contributed by atoms with Crippen LogP contribution in [0.1, 0.15) is 30.1 Å². The van der Waals surface area contributed by atoms with Crippen molar-refractivity contribution in [2.75, 3.05) is 6.54 Å². The summed E-state index contributed by atoms with van der Waals surface area (Å²) in [6, 6.07) is 17.6. The summed E-state index contributed by atoms with van der Waals surface area (Å²) >= 11 is 0. The van der Waals surface area contributed by atoms with Gasteiger partial charge in [0.2, 0.25) is 0 Å². The fourth-order valence-corrected chi connectivity index (χ4v) is 2.86. The van der Waals surface area contributed by atoms with Crippen LogP contribution in [0.5, 0.6) is 11.5 Å². The molecule has 4 nitrogen and oxygen atoms in total. The number of piperidine rings is 1. The molecule has 0 saturated carbocycles. The van der Waals surface area contributed by atoms with E-state index in [1.165, 1.54) is 0 Å². The summed E-state index contributed by atoms with van der Waals surface area (Å²) in [4.78, 5) is 12.4. The largest absolute Gasteiger partial charge is 0.457 e. The molecule has 0 spiro atoms. The SMILES string of the molecule is CC1CC(NC(=O)c2cccc(Oc3ccccc3)c2)CCN1. The lowest BCUT2D eigenvalue weighted by molar-refractivity contribution is 0.0925. The van der Waals surface area contributed by atoms with Gasteiger partial charge in [0.15, 0.2) is 0 Å². The highest BCUT2D eigenvalue weighted by atomic mass is 16.5. The average Bonchev–Trinajstić information content (AvgIpc) is 2.56. The highest BCUT2D eigenvalue weighted by Gasteiger charge is 2.20. The van der Waals surface area contributed by atoms with Crippen LogP contribution >= 0.6 is 0 Å². The van der Waals surface area contributed by atoms with Crippen molar-refractivity contribution >= 4 is 5.91 Å². The lowest BCUT2D eigenvalue weighted by atomic mass is 10.0. The number of hydrogen-bond donors (Lipinski definition) is 2. The standard InChI is InChI=1S/C19H22N2O2/c1-14-12-16(10-11-20-14)21-19(22)15-6-5-9-18(13-15)23-17-7-3-2-4-8-17/h2-9,13-14,16,20H,10-12H2,1H3,(H,21,22). The Hall–Kier alpha value is -2.33. The van der Waals surface area contributed by atoms with Crippen molar-refractivity contribution in [2.45, 2.75) is 31.8 Å². The molecular formula is C19H22N2O2. The predicted molar refractivity (Wildman–Crippen MR) is 90.9 cm³/mol. The van der Waals surface area contributed by atoms with Crippen molar-refractivity contribution < 1.29 is 9.53 Å². The number of amides is 1. The van der Waals surface area contributed by atoms with E-state index in [9.17, 15) is 4.79 Å². The smallest absolute Gasteiger partial charge is 0.251 e. The first-order chi connectivity index (χ1) is 11.2. The molecule has 2 N–H and O–H groups in total. The van der Waals surface area contributed by atoms with E-state index in [-0.39, 0.29) is 11.9 Å².